The number of imide groups is 1. The Morgan fingerprint density at radius 3 is 2.40 bits per heavy atom. The zero-order valence-electron chi connectivity index (χ0n) is 16.3. The van der Waals surface area contributed by atoms with Crippen LogP contribution in [0.1, 0.15) is 5.76 Å². The molecule has 2 aromatic rings. The first kappa shape index (κ1) is 19.3. The van der Waals surface area contributed by atoms with Crippen molar-refractivity contribution >= 4 is 23.8 Å². The molecule has 4 rings (SSSR count). The van der Waals surface area contributed by atoms with Crippen LogP contribution in [0.2, 0.25) is 0 Å². The molecule has 3 heterocycles. The largest absolute Gasteiger partial charge is 0.455 e. The molecule has 1 unspecified atom stereocenters. The lowest BCUT2D eigenvalue weighted by Crippen LogP contribution is -2.62. The second kappa shape index (κ2) is 7.12. The highest BCUT2D eigenvalue weighted by atomic mass is 16.6. The highest BCUT2D eigenvalue weighted by molar-refractivity contribution is 5.97. The normalized spacial score (nSPS) is 21.8. The van der Waals surface area contributed by atoms with Crippen LogP contribution in [0.5, 0.6) is 0 Å². The Morgan fingerprint density at radius 2 is 1.83 bits per heavy atom. The maximum absolute atomic E-state index is 12.7. The van der Waals surface area contributed by atoms with Crippen LogP contribution in [0, 0.1) is 10.1 Å². The zero-order valence-corrected chi connectivity index (χ0v) is 16.3. The number of carbonyl (C=O) groups is 2. The number of hydrogen-bond donors (Lipinski definition) is 1. The molecular formula is C19H19N6O5+. The summed E-state index contributed by atoms with van der Waals surface area (Å²) in [6.45, 7) is -0.133. The number of hydrogen-bond acceptors (Lipinski definition) is 8. The number of nitro groups is 1. The molecule has 1 atom stereocenters. The second-order valence-electron chi connectivity index (χ2n) is 7.06. The summed E-state index contributed by atoms with van der Waals surface area (Å²) in [5.74, 6) is 0.470. The number of non-ortho nitro benzene ring substituents is 1. The van der Waals surface area contributed by atoms with Crippen molar-refractivity contribution in [3.05, 3.63) is 64.7 Å². The van der Waals surface area contributed by atoms with Crippen LogP contribution in [0.15, 0.2) is 58.3 Å². The molecular weight excluding hydrogens is 392 g/mol. The number of nitrogens with zero attached hydrogens (tertiary/aromatic N) is 5. The third-order valence-electron chi connectivity index (χ3n) is 5.01. The highest BCUT2D eigenvalue weighted by Gasteiger charge is 2.57. The van der Waals surface area contributed by atoms with E-state index >= 15 is 0 Å². The molecule has 0 spiro atoms. The summed E-state index contributed by atoms with van der Waals surface area (Å²) in [5, 5.41) is 17.6. The van der Waals surface area contributed by atoms with Gasteiger partial charge in [0, 0.05) is 44.2 Å². The van der Waals surface area contributed by atoms with E-state index in [9.17, 15) is 19.7 Å². The van der Waals surface area contributed by atoms with Crippen molar-refractivity contribution in [2.75, 3.05) is 20.6 Å². The van der Waals surface area contributed by atoms with Gasteiger partial charge < -0.3 is 14.2 Å². The molecule has 11 heteroatoms. The highest BCUT2D eigenvalue weighted by Crippen LogP contribution is 2.29. The Morgan fingerprint density at radius 1 is 1.17 bits per heavy atom. The fourth-order valence-corrected chi connectivity index (χ4v) is 3.62. The Labute approximate surface area is 171 Å². The van der Waals surface area contributed by atoms with Gasteiger partial charge in [-0.15, -0.1) is 0 Å². The van der Waals surface area contributed by atoms with Crippen molar-refractivity contribution in [3.8, 4) is 11.3 Å². The van der Waals surface area contributed by atoms with E-state index in [1.165, 1.54) is 18.3 Å². The van der Waals surface area contributed by atoms with Crippen LogP contribution in [0.3, 0.4) is 0 Å². The van der Waals surface area contributed by atoms with E-state index in [-0.39, 0.29) is 12.2 Å². The molecule has 0 radical (unpaired) electrons. The van der Waals surface area contributed by atoms with E-state index in [0.29, 0.717) is 17.1 Å². The molecule has 30 heavy (non-hydrogen) atoms. The van der Waals surface area contributed by atoms with Gasteiger partial charge in [0.1, 0.15) is 12.0 Å². The molecule has 2 aliphatic rings. The molecule has 3 amide bonds. The van der Waals surface area contributed by atoms with E-state index in [1.54, 1.807) is 60.6 Å². The summed E-state index contributed by atoms with van der Waals surface area (Å²) < 4.78 is 5.27. The number of carbonyl (C=O) groups excluding carboxylic acids is 2. The molecule has 0 bridgehead atoms. The SMILES string of the molecule is CN1C=CN(C)C1[N+]1(N=Cc2ccc(-c3ccc([N+](=O)[O-])cc3)o2)CC(=O)NC1=O. The first-order valence-electron chi connectivity index (χ1n) is 9.05. The van der Waals surface area contributed by atoms with Gasteiger partial charge >= 0.3 is 6.03 Å². The van der Waals surface area contributed by atoms with Crippen LogP contribution in [-0.4, -0.2) is 64.4 Å². The molecule has 1 N–H and O–H groups in total. The van der Waals surface area contributed by atoms with Crippen molar-refractivity contribution in [3.63, 3.8) is 0 Å². The number of quaternary nitrogens is 1. The molecule has 0 aliphatic carbocycles. The molecule has 1 aromatic heterocycles. The van der Waals surface area contributed by atoms with Gasteiger partial charge in [-0.2, -0.15) is 0 Å². The Kier molecular flexibility index (Phi) is 4.59. The Bertz CT molecular complexity index is 1060. The predicted octanol–water partition coefficient (Wildman–Crippen LogP) is 1.89. The minimum Gasteiger partial charge on any atom is -0.455 e. The van der Waals surface area contributed by atoms with Crippen LogP contribution in [0.4, 0.5) is 10.5 Å². The third-order valence-corrected chi connectivity index (χ3v) is 5.01. The van der Waals surface area contributed by atoms with Crippen LogP contribution < -0.4 is 5.32 Å². The van der Waals surface area contributed by atoms with E-state index in [4.69, 9.17) is 4.42 Å². The molecule has 11 nitrogen and oxygen atoms in total. The topological polar surface area (TPSA) is 121 Å². The number of benzene rings is 1. The lowest BCUT2D eigenvalue weighted by Gasteiger charge is -2.36. The standard InChI is InChI=1S/C19H18N6O5/c1-22-9-10-23(2)19(22)25(12-17(26)21-18(25)27)20-11-15-7-8-16(30-15)13-3-5-14(6-4-13)24(28)29/h3-11,19H,12H2,1-2H3/p+1. The summed E-state index contributed by atoms with van der Waals surface area (Å²) in [7, 11) is 3.60. The Hall–Kier alpha value is -3.99. The van der Waals surface area contributed by atoms with Crippen LogP contribution in [0.25, 0.3) is 11.3 Å². The summed E-state index contributed by atoms with van der Waals surface area (Å²) in [6, 6.07) is 8.82. The maximum atomic E-state index is 12.7. The molecule has 154 valence electrons. The number of nitrogens with one attached hydrogen (secondary N) is 1. The van der Waals surface area contributed by atoms with Gasteiger partial charge in [-0.05, 0) is 24.3 Å². The lowest BCUT2D eigenvalue weighted by atomic mass is 10.1. The first-order chi connectivity index (χ1) is 14.3. The van der Waals surface area contributed by atoms with Crippen LogP contribution in [-0.2, 0) is 4.79 Å². The van der Waals surface area contributed by atoms with E-state index in [2.05, 4.69) is 10.4 Å². The van der Waals surface area contributed by atoms with Gasteiger partial charge in [-0.3, -0.25) is 14.9 Å². The molecule has 1 fully saturated rings. The summed E-state index contributed by atoms with van der Waals surface area (Å²) in [6.07, 6.45) is 4.50. The lowest BCUT2D eigenvalue weighted by molar-refractivity contribution is -0.890. The smallest absolute Gasteiger partial charge is 0.453 e. The molecule has 2 aliphatic heterocycles. The van der Waals surface area contributed by atoms with Crippen molar-refractivity contribution in [2.24, 2.45) is 5.10 Å². The molecule has 0 saturated carbocycles. The van der Waals surface area contributed by atoms with E-state index in [0.717, 1.165) is 0 Å². The van der Waals surface area contributed by atoms with Crippen molar-refractivity contribution in [2.45, 2.75) is 6.29 Å². The number of urea groups is 1. The molecule has 1 saturated heterocycles. The molecule has 1 aromatic carbocycles. The van der Waals surface area contributed by atoms with Crippen molar-refractivity contribution < 1.29 is 23.5 Å². The maximum Gasteiger partial charge on any atom is 0.453 e. The Balaban J connectivity index is 1.62. The summed E-state index contributed by atoms with van der Waals surface area (Å²) >= 11 is 0. The number of furan rings is 1. The summed E-state index contributed by atoms with van der Waals surface area (Å²) in [4.78, 5) is 38.6. The average molecular weight is 411 g/mol. The van der Waals surface area contributed by atoms with Crippen molar-refractivity contribution in [1.82, 2.24) is 15.1 Å². The van der Waals surface area contributed by atoms with Gasteiger partial charge in [0.15, 0.2) is 12.3 Å². The number of rotatable bonds is 5. The van der Waals surface area contributed by atoms with E-state index in [1.807, 2.05) is 0 Å². The average Bonchev–Trinajstić information content (AvgIpc) is 3.39. The minimum atomic E-state index is -0.522. The first-order valence-corrected chi connectivity index (χ1v) is 9.05. The number of nitro benzene ring substituents is 1. The van der Waals surface area contributed by atoms with Gasteiger partial charge in [0.05, 0.1) is 4.92 Å². The summed E-state index contributed by atoms with van der Waals surface area (Å²) in [5.41, 5.74) is 0.652. The number of amides is 3. The fourth-order valence-electron chi connectivity index (χ4n) is 3.62. The van der Waals surface area contributed by atoms with Crippen molar-refractivity contribution in [1.29, 1.82) is 0 Å². The van der Waals surface area contributed by atoms with Gasteiger partial charge in [0.2, 0.25) is 0 Å². The monoisotopic (exact) mass is 411 g/mol. The second-order valence-corrected chi connectivity index (χ2v) is 7.06. The van der Waals surface area contributed by atoms with Gasteiger partial charge in [-0.1, -0.05) is 9.69 Å². The zero-order chi connectivity index (χ0) is 21.5. The quantitative estimate of drug-likeness (QED) is 0.262. The van der Waals surface area contributed by atoms with Gasteiger partial charge in [-0.25, -0.2) is 10.1 Å². The van der Waals surface area contributed by atoms with E-state index < -0.39 is 27.7 Å². The predicted molar refractivity (Wildman–Crippen MR) is 106 cm³/mol. The fraction of sp³-hybridized carbons (Fsp3) is 0.211. The minimum absolute atomic E-state index is 0.0124. The van der Waals surface area contributed by atoms with Gasteiger partial charge in [0.25, 0.3) is 17.9 Å². The van der Waals surface area contributed by atoms with Crippen LogP contribution >= 0.6 is 0 Å². The third kappa shape index (κ3) is 3.20.